The summed E-state index contributed by atoms with van der Waals surface area (Å²) in [6, 6.07) is 3.21. The van der Waals surface area contributed by atoms with E-state index in [4.69, 9.17) is 5.73 Å². The molecule has 0 amide bonds. The highest BCUT2D eigenvalue weighted by molar-refractivity contribution is 7.89. The lowest BCUT2D eigenvalue weighted by Gasteiger charge is -2.08. The number of rotatable bonds is 4. The summed E-state index contributed by atoms with van der Waals surface area (Å²) in [6.07, 6.45) is 0. The molecule has 96 valence electrons. The Bertz CT molecular complexity index is 641. The first-order valence-electron chi connectivity index (χ1n) is 4.91. The van der Waals surface area contributed by atoms with Crippen LogP contribution in [0.3, 0.4) is 0 Å². The van der Waals surface area contributed by atoms with Crippen LogP contribution in [0.5, 0.6) is 0 Å². The summed E-state index contributed by atoms with van der Waals surface area (Å²) in [5.41, 5.74) is 7.72. The van der Waals surface area contributed by atoms with Gasteiger partial charge < -0.3 is 5.73 Å². The molecule has 0 bridgehead atoms. The van der Waals surface area contributed by atoms with Crippen LogP contribution in [0.1, 0.15) is 5.69 Å². The van der Waals surface area contributed by atoms with Crippen LogP contribution in [0, 0.1) is 5.82 Å². The third kappa shape index (κ3) is 2.84. The fourth-order valence-electron chi connectivity index (χ4n) is 1.31. The quantitative estimate of drug-likeness (QED) is 0.831. The zero-order valence-electron chi connectivity index (χ0n) is 9.13. The molecule has 0 aliphatic carbocycles. The number of thiazole rings is 1. The van der Waals surface area contributed by atoms with E-state index in [1.165, 1.54) is 17.4 Å². The largest absolute Gasteiger partial charge is 0.398 e. The van der Waals surface area contributed by atoms with Crippen LogP contribution >= 0.6 is 11.3 Å². The summed E-state index contributed by atoms with van der Waals surface area (Å²) in [7, 11) is -3.84. The van der Waals surface area contributed by atoms with Gasteiger partial charge in [0, 0.05) is 5.38 Å². The Hall–Kier alpha value is -1.51. The van der Waals surface area contributed by atoms with Crippen LogP contribution in [-0.2, 0) is 16.6 Å². The lowest BCUT2D eigenvalue weighted by atomic mass is 10.3. The minimum atomic E-state index is -3.84. The van der Waals surface area contributed by atoms with Gasteiger partial charge in [-0.05, 0) is 18.2 Å². The predicted molar refractivity (Wildman–Crippen MR) is 67.0 cm³/mol. The minimum Gasteiger partial charge on any atom is -0.398 e. The number of nitrogens with one attached hydrogen (secondary N) is 1. The third-order valence-electron chi connectivity index (χ3n) is 2.19. The fourth-order valence-corrected chi connectivity index (χ4v) is 3.01. The number of nitrogen functional groups attached to an aromatic ring is 1. The average Bonchev–Trinajstić information content (AvgIpc) is 2.83. The van der Waals surface area contributed by atoms with E-state index in [9.17, 15) is 12.8 Å². The summed E-state index contributed by atoms with van der Waals surface area (Å²) in [5.74, 6) is -0.654. The molecular weight excluding hydrogens is 277 g/mol. The van der Waals surface area contributed by atoms with Crippen molar-refractivity contribution in [2.45, 2.75) is 11.4 Å². The van der Waals surface area contributed by atoms with E-state index in [0.717, 1.165) is 12.1 Å². The van der Waals surface area contributed by atoms with Crippen LogP contribution < -0.4 is 10.5 Å². The maximum atomic E-state index is 13.0. The summed E-state index contributed by atoms with van der Waals surface area (Å²) >= 11 is 1.36. The Morgan fingerprint density at radius 2 is 2.22 bits per heavy atom. The molecule has 0 saturated carbocycles. The SMILES string of the molecule is Nc1ccc(F)cc1S(=O)(=O)NCc1cscn1. The van der Waals surface area contributed by atoms with Crippen LogP contribution in [0.2, 0.25) is 0 Å². The Morgan fingerprint density at radius 3 is 2.89 bits per heavy atom. The maximum absolute atomic E-state index is 13.0. The molecule has 2 rings (SSSR count). The number of halogens is 1. The minimum absolute atomic E-state index is 0.00202. The summed E-state index contributed by atoms with van der Waals surface area (Å²) < 4.78 is 39.2. The van der Waals surface area contributed by atoms with Crippen molar-refractivity contribution < 1.29 is 12.8 Å². The molecule has 0 spiro atoms. The molecule has 1 heterocycles. The number of anilines is 1. The molecule has 0 unspecified atom stereocenters. The molecule has 18 heavy (non-hydrogen) atoms. The highest BCUT2D eigenvalue weighted by Gasteiger charge is 2.18. The van der Waals surface area contributed by atoms with Gasteiger partial charge in [-0.2, -0.15) is 0 Å². The molecular formula is C10H10FN3O2S2. The smallest absolute Gasteiger partial charge is 0.243 e. The Kier molecular flexibility index (Phi) is 3.60. The standard InChI is InChI=1S/C10H10FN3O2S2/c11-7-1-2-9(12)10(3-7)18(15,16)14-4-8-5-17-6-13-8/h1-3,5-6,14H,4,12H2. The number of hydrogen-bond acceptors (Lipinski definition) is 5. The Balaban J connectivity index is 2.22. The van der Waals surface area contributed by atoms with Crippen LogP contribution in [0.25, 0.3) is 0 Å². The molecule has 0 fully saturated rings. The van der Waals surface area contributed by atoms with Gasteiger partial charge in [-0.1, -0.05) is 0 Å². The molecule has 0 saturated heterocycles. The first-order chi connectivity index (χ1) is 8.49. The molecule has 5 nitrogen and oxygen atoms in total. The first-order valence-corrected chi connectivity index (χ1v) is 7.33. The van der Waals surface area contributed by atoms with E-state index in [1.54, 1.807) is 10.9 Å². The Labute approximate surface area is 108 Å². The fraction of sp³-hybridized carbons (Fsp3) is 0.100. The van der Waals surface area contributed by atoms with Gasteiger partial charge in [-0.3, -0.25) is 0 Å². The highest BCUT2D eigenvalue weighted by atomic mass is 32.2. The molecule has 8 heteroatoms. The number of benzene rings is 1. The molecule has 1 aromatic carbocycles. The zero-order valence-corrected chi connectivity index (χ0v) is 10.8. The lowest BCUT2D eigenvalue weighted by Crippen LogP contribution is -2.24. The average molecular weight is 287 g/mol. The van der Waals surface area contributed by atoms with Gasteiger partial charge in [0.15, 0.2) is 0 Å². The number of aromatic nitrogens is 1. The van der Waals surface area contributed by atoms with Crippen molar-refractivity contribution in [2.24, 2.45) is 0 Å². The van der Waals surface area contributed by atoms with Crippen molar-refractivity contribution >= 4 is 27.0 Å². The van der Waals surface area contributed by atoms with E-state index in [-0.39, 0.29) is 17.1 Å². The molecule has 1 aromatic heterocycles. The van der Waals surface area contributed by atoms with E-state index >= 15 is 0 Å². The number of hydrogen-bond donors (Lipinski definition) is 2. The topological polar surface area (TPSA) is 85.1 Å². The summed E-state index contributed by atoms with van der Waals surface area (Å²) in [4.78, 5) is 3.67. The van der Waals surface area contributed by atoms with E-state index < -0.39 is 15.8 Å². The highest BCUT2D eigenvalue weighted by Crippen LogP contribution is 2.19. The maximum Gasteiger partial charge on any atom is 0.243 e. The molecule has 2 aromatic rings. The number of nitrogens with zero attached hydrogens (tertiary/aromatic N) is 1. The van der Waals surface area contributed by atoms with Crippen LogP contribution in [0.4, 0.5) is 10.1 Å². The predicted octanol–water partition coefficient (Wildman–Crippen LogP) is 1.34. The van der Waals surface area contributed by atoms with Gasteiger partial charge in [0.25, 0.3) is 0 Å². The molecule has 0 aliphatic heterocycles. The molecule has 3 N–H and O–H groups in total. The van der Waals surface area contributed by atoms with E-state index in [0.29, 0.717) is 5.69 Å². The summed E-state index contributed by atoms with van der Waals surface area (Å²) in [6.45, 7) is 0.0434. The van der Waals surface area contributed by atoms with Gasteiger partial charge in [0.05, 0.1) is 23.4 Å². The van der Waals surface area contributed by atoms with Gasteiger partial charge in [0.2, 0.25) is 10.0 Å². The second-order valence-electron chi connectivity index (χ2n) is 3.49. The van der Waals surface area contributed by atoms with E-state index in [2.05, 4.69) is 9.71 Å². The van der Waals surface area contributed by atoms with Crippen molar-refractivity contribution in [3.63, 3.8) is 0 Å². The third-order valence-corrected chi connectivity index (χ3v) is 4.28. The van der Waals surface area contributed by atoms with Gasteiger partial charge >= 0.3 is 0 Å². The van der Waals surface area contributed by atoms with Crippen molar-refractivity contribution in [1.29, 1.82) is 0 Å². The summed E-state index contributed by atoms with van der Waals surface area (Å²) in [5, 5.41) is 1.72. The molecule has 0 atom stereocenters. The number of sulfonamides is 1. The van der Waals surface area contributed by atoms with Crippen molar-refractivity contribution in [2.75, 3.05) is 5.73 Å². The van der Waals surface area contributed by atoms with Crippen molar-refractivity contribution in [1.82, 2.24) is 9.71 Å². The zero-order chi connectivity index (χ0) is 13.2. The second-order valence-corrected chi connectivity index (χ2v) is 5.94. The normalized spacial score (nSPS) is 11.6. The Morgan fingerprint density at radius 1 is 1.44 bits per heavy atom. The lowest BCUT2D eigenvalue weighted by molar-refractivity contribution is 0.577. The van der Waals surface area contributed by atoms with Crippen LogP contribution in [-0.4, -0.2) is 13.4 Å². The van der Waals surface area contributed by atoms with Gasteiger partial charge in [-0.15, -0.1) is 11.3 Å². The van der Waals surface area contributed by atoms with Crippen molar-refractivity contribution in [3.8, 4) is 0 Å². The first kappa shape index (κ1) is 12.9. The second kappa shape index (κ2) is 5.01. The number of nitrogens with two attached hydrogens (primary N) is 1. The molecule has 0 radical (unpaired) electrons. The van der Waals surface area contributed by atoms with E-state index in [1.807, 2.05) is 0 Å². The molecule has 0 aliphatic rings. The van der Waals surface area contributed by atoms with Crippen LogP contribution in [0.15, 0.2) is 34.0 Å². The monoisotopic (exact) mass is 287 g/mol. The van der Waals surface area contributed by atoms with Gasteiger partial charge in [-0.25, -0.2) is 22.5 Å². The van der Waals surface area contributed by atoms with Gasteiger partial charge in [0.1, 0.15) is 10.7 Å². The van der Waals surface area contributed by atoms with Crippen molar-refractivity contribution in [3.05, 3.63) is 40.6 Å².